The van der Waals surface area contributed by atoms with Crippen molar-refractivity contribution in [3.8, 4) is 0 Å². The third-order valence-corrected chi connectivity index (χ3v) is 5.71. The number of allylic oxidation sites excluding steroid dienone is 6. The summed E-state index contributed by atoms with van der Waals surface area (Å²) < 4.78 is 6.28. The van der Waals surface area contributed by atoms with Gasteiger partial charge in [-0.25, -0.2) is 0 Å². The van der Waals surface area contributed by atoms with Crippen LogP contribution in [0.15, 0.2) is 58.7 Å². The molecule has 2 aliphatic carbocycles. The van der Waals surface area contributed by atoms with Gasteiger partial charge in [0.05, 0.1) is 0 Å². The van der Waals surface area contributed by atoms with E-state index < -0.39 is 8.32 Å². The normalized spacial score (nSPS) is 15.9. The van der Waals surface area contributed by atoms with Gasteiger partial charge in [0.1, 0.15) is 0 Å². The molecular formula is C23H29Cl2OSiZr. The van der Waals surface area contributed by atoms with Gasteiger partial charge in [-0.2, -0.15) is 0 Å². The van der Waals surface area contributed by atoms with Crippen molar-refractivity contribution in [1.29, 1.82) is 0 Å². The van der Waals surface area contributed by atoms with E-state index in [0.29, 0.717) is 0 Å². The van der Waals surface area contributed by atoms with Crippen LogP contribution in [-0.4, -0.2) is 14.4 Å². The van der Waals surface area contributed by atoms with Crippen molar-refractivity contribution in [3.05, 3.63) is 75.9 Å². The van der Waals surface area contributed by atoms with Crippen LogP contribution in [0.4, 0.5) is 0 Å². The molecule has 0 spiro atoms. The molecule has 5 heteroatoms. The smallest absolute Gasteiger partial charge is 1.00 e. The van der Waals surface area contributed by atoms with Crippen LogP contribution in [-0.2, 0) is 30.6 Å². The summed E-state index contributed by atoms with van der Waals surface area (Å²) in [7, 11) is -1.51. The van der Waals surface area contributed by atoms with Crippen LogP contribution in [0.25, 0.3) is 5.57 Å². The molecule has 1 unspecified atom stereocenters. The van der Waals surface area contributed by atoms with Gasteiger partial charge in [0.2, 0.25) is 0 Å². The zero-order valence-corrected chi connectivity index (χ0v) is 22.6. The predicted molar refractivity (Wildman–Crippen MR) is 110 cm³/mol. The van der Waals surface area contributed by atoms with E-state index >= 15 is 0 Å². The molecule has 1 radical (unpaired) electrons. The van der Waals surface area contributed by atoms with E-state index in [9.17, 15) is 0 Å². The third kappa shape index (κ3) is 6.41. The molecule has 0 aromatic heterocycles. The molecule has 0 fully saturated rings. The summed E-state index contributed by atoms with van der Waals surface area (Å²) in [6.45, 7) is 13.4. The Morgan fingerprint density at radius 3 is 2.39 bits per heavy atom. The van der Waals surface area contributed by atoms with Crippen molar-refractivity contribution < 1.29 is 55.4 Å². The van der Waals surface area contributed by atoms with Crippen molar-refractivity contribution in [2.45, 2.75) is 59.4 Å². The summed E-state index contributed by atoms with van der Waals surface area (Å²) in [6.07, 6.45) is 10.5. The third-order valence-electron chi connectivity index (χ3n) is 4.60. The van der Waals surface area contributed by atoms with Gasteiger partial charge in [-0.05, 0) is 39.4 Å². The maximum Gasteiger partial charge on any atom is 3.00 e. The van der Waals surface area contributed by atoms with Crippen LogP contribution in [0.1, 0.15) is 44.7 Å². The molecule has 0 aliphatic heterocycles. The van der Waals surface area contributed by atoms with Crippen LogP contribution >= 0.6 is 0 Å². The van der Waals surface area contributed by atoms with Crippen molar-refractivity contribution in [3.63, 3.8) is 0 Å². The second kappa shape index (κ2) is 11.3. The number of benzene rings is 1. The first kappa shape index (κ1) is 27.8. The summed E-state index contributed by atoms with van der Waals surface area (Å²) in [5.41, 5.74) is 9.41. The number of halogens is 2. The standard InChI is InChI=1S/C23H29OSi.2ClH.Zr/c1-16(2)23-21-12-8-7-10-19(21)15-22(23)20-13-9-11-18(20)14-17(3)24-25(4,5)6;;;/h7-12,17H,13-14H2,1-6H3;2*1H;/q-1;;;+3/p-2. The average Bonchev–Trinajstić information content (AvgIpc) is 3.08. The van der Waals surface area contributed by atoms with Crippen molar-refractivity contribution in [2.24, 2.45) is 0 Å². The van der Waals surface area contributed by atoms with Crippen LogP contribution in [0.3, 0.4) is 0 Å². The van der Waals surface area contributed by atoms with E-state index in [4.69, 9.17) is 4.43 Å². The van der Waals surface area contributed by atoms with E-state index in [-0.39, 0.29) is 57.1 Å². The molecule has 0 N–H and O–H groups in total. The fourth-order valence-corrected chi connectivity index (χ4v) is 5.14. The zero-order chi connectivity index (χ0) is 18.2. The average molecular weight is 512 g/mol. The number of hydrogen-bond donors (Lipinski definition) is 0. The molecule has 149 valence electrons. The van der Waals surface area contributed by atoms with E-state index in [1.165, 1.54) is 39.0 Å². The van der Waals surface area contributed by atoms with Crippen molar-refractivity contribution in [2.75, 3.05) is 0 Å². The van der Waals surface area contributed by atoms with E-state index in [1.54, 1.807) is 0 Å². The van der Waals surface area contributed by atoms with Gasteiger partial charge in [0.25, 0.3) is 0 Å². The van der Waals surface area contributed by atoms with Gasteiger partial charge in [-0.15, -0.1) is 40.0 Å². The second-order valence-corrected chi connectivity index (χ2v) is 12.7. The molecule has 1 nitrogen and oxygen atoms in total. The number of rotatable bonds is 5. The van der Waals surface area contributed by atoms with Gasteiger partial charge in [-0.1, -0.05) is 55.3 Å². The van der Waals surface area contributed by atoms with E-state index in [1.807, 2.05) is 0 Å². The Labute approximate surface area is 203 Å². The molecule has 1 aromatic carbocycles. The SMILES string of the molecule is CC(C)=C1C(C2=C(CC(C)O[Si](C)(C)C)C=CC2)=[C-]c2ccccc21.[Cl-].[Cl-].[Zr+3]. The Balaban J connectivity index is 0.00000243. The first-order valence-corrected chi connectivity index (χ1v) is 12.6. The minimum atomic E-state index is -1.51. The van der Waals surface area contributed by atoms with Gasteiger partial charge in [-0.3, -0.25) is 0 Å². The fourth-order valence-electron chi connectivity index (χ4n) is 3.85. The molecule has 0 amide bonds. The molecule has 3 rings (SSSR count). The Hall–Kier alpha value is -0.180. The Kier molecular flexibility index (Phi) is 11.2. The molecule has 28 heavy (non-hydrogen) atoms. The summed E-state index contributed by atoms with van der Waals surface area (Å²) in [6, 6.07) is 8.62. The van der Waals surface area contributed by atoms with Crippen LogP contribution in [0.2, 0.25) is 19.6 Å². The molecule has 1 aromatic rings. The van der Waals surface area contributed by atoms with Gasteiger partial charge in [0.15, 0.2) is 8.32 Å². The topological polar surface area (TPSA) is 9.23 Å². The summed E-state index contributed by atoms with van der Waals surface area (Å²) in [4.78, 5) is 0. The van der Waals surface area contributed by atoms with Gasteiger partial charge < -0.3 is 29.2 Å². The van der Waals surface area contributed by atoms with Crippen molar-refractivity contribution in [1.82, 2.24) is 0 Å². The first-order valence-electron chi connectivity index (χ1n) is 9.24. The number of hydrogen-bond acceptors (Lipinski definition) is 1. The Morgan fingerprint density at radius 1 is 1.14 bits per heavy atom. The van der Waals surface area contributed by atoms with Crippen LogP contribution in [0, 0.1) is 6.08 Å². The maximum atomic E-state index is 6.28. The Morgan fingerprint density at radius 2 is 1.79 bits per heavy atom. The fraction of sp³-hybridized carbons (Fsp3) is 0.391. The molecule has 0 saturated heterocycles. The number of fused-ring (bicyclic) bond motifs is 1. The molecule has 0 saturated carbocycles. The quantitative estimate of drug-likeness (QED) is 0.413. The molecule has 0 heterocycles. The summed E-state index contributed by atoms with van der Waals surface area (Å²) in [5, 5.41) is 0. The first-order chi connectivity index (χ1) is 11.8. The van der Waals surface area contributed by atoms with Crippen LogP contribution < -0.4 is 24.8 Å². The summed E-state index contributed by atoms with van der Waals surface area (Å²) >= 11 is 0. The van der Waals surface area contributed by atoms with Gasteiger partial charge >= 0.3 is 26.2 Å². The monoisotopic (exact) mass is 509 g/mol. The molecule has 1 atom stereocenters. The minimum Gasteiger partial charge on any atom is -1.00 e. The molecule has 2 aliphatic rings. The summed E-state index contributed by atoms with van der Waals surface area (Å²) in [5.74, 6) is 0. The van der Waals surface area contributed by atoms with Crippen molar-refractivity contribution >= 4 is 13.9 Å². The van der Waals surface area contributed by atoms with E-state index in [2.05, 4.69) is 82.9 Å². The molecular weight excluding hydrogens is 482 g/mol. The zero-order valence-electron chi connectivity index (χ0n) is 17.6. The second-order valence-electron chi connectivity index (χ2n) is 8.28. The molecule has 0 bridgehead atoms. The van der Waals surface area contributed by atoms with E-state index in [0.717, 1.165) is 12.8 Å². The van der Waals surface area contributed by atoms with Gasteiger partial charge in [0, 0.05) is 6.10 Å². The Bertz CT molecular complexity index is 812. The predicted octanol–water partition coefficient (Wildman–Crippen LogP) is 0.463. The van der Waals surface area contributed by atoms with Crippen LogP contribution in [0.5, 0.6) is 0 Å². The maximum absolute atomic E-state index is 6.28. The minimum absolute atomic E-state index is 0. The largest absolute Gasteiger partial charge is 3.00 e.